The van der Waals surface area contributed by atoms with E-state index in [0.717, 1.165) is 12.0 Å². The molecule has 0 radical (unpaired) electrons. The third-order valence-corrected chi connectivity index (χ3v) is 3.71. The summed E-state index contributed by atoms with van der Waals surface area (Å²) in [5, 5.41) is 9.52. The van der Waals surface area contributed by atoms with Crippen LogP contribution in [0.2, 0.25) is 0 Å². The topological polar surface area (TPSA) is 66.6 Å². The summed E-state index contributed by atoms with van der Waals surface area (Å²) < 4.78 is 0. The normalized spacial score (nSPS) is 16.9. The summed E-state index contributed by atoms with van der Waals surface area (Å²) >= 11 is 0. The third kappa shape index (κ3) is 2.89. The van der Waals surface area contributed by atoms with E-state index in [1.807, 2.05) is 26.8 Å². The monoisotopic (exact) mass is 262 g/mol. The number of nitrogens with zero attached hydrogens (tertiary/aromatic N) is 1. The molecule has 1 aliphatic rings. The molecule has 0 saturated heterocycles. The molecule has 4 nitrogen and oxygen atoms in total. The average molecular weight is 262 g/mol. The molecule has 0 aromatic heterocycles. The van der Waals surface area contributed by atoms with Crippen molar-refractivity contribution in [3.63, 3.8) is 0 Å². The van der Waals surface area contributed by atoms with E-state index in [4.69, 9.17) is 5.73 Å². The second kappa shape index (κ2) is 4.85. The van der Waals surface area contributed by atoms with Crippen molar-refractivity contribution in [2.24, 2.45) is 11.1 Å². The standard InChI is InChI=1S/C15H22N2O2/c1-15(2,3)13(16)14(19)17-7-6-10-4-5-12(18)8-11(10)9-17/h4-5,8,13,18H,6-7,9,16H2,1-3H3. The van der Waals surface area contributed by atoms with Gasteiger partial charge in [0, 0.05) is 13.1 Å². The molecule has 1 aliphatic heterocycles. The molecule has 1 amide bonds. The van der Waals surface area contributed by atoms with Gasteiger partial charge in [0.15, 0.2) is 0 Å². The number of phenolic OH excluding ortho intramolecular Hbond substituents is 1. The first-order chi connectivity index (χ1) is 8.79. The fraction of sp³-hybridized carbons (Fsp3) is 0.533. The van der Waals surface area contributed by atoms with Gasteiger partial charge in [-0.1, -0.05) is 26.8 Å². The summed E-state index contributed by atoms with van der Waals surface area (Å²) in [6.45, 7) is 7.14. The van der Waals surface area contributed by atoms with Crippen LogP contribution in [0.3, 0.4) is 0 Å². The molecular formula is C15H22N2O2. The zero-order valence-corrected chi connectivity index (χ0v) is 11.8. The van der Waals surface area contributed by atoms with E-state index in [1.165, 1.54) is 5.56 Å². The maximum atomic E-state index is 12.4. The summed E-state index contributed by atoms with van der Waals surface area (Å²) in [7, 11) is 0. The van der Waals surface area contributed by atoms with E-state index in [9.17, 15) is 9.90 Å². The molecular weight excluding hydrogens is 240 g/mol. The van der Waals surface area contributed by atoms with Crippen molar-refractivity contribution in [2.45, 2.75) is 39.8 Å². The van der Waals surface area contributed by atoms with Crippen molar-refractivity contribution < 1.29 is 9.90 Å². The number of benzene rings is 1. The second-order valence-corrected chi connectivity index (χ2v) is 6.31. The van der Waals surface area contributed by atoms with Gasteiger partial charge in [-0.25, -0.2) is 0 Å². The molecule has 0 bridgehead atoms. The van der Waals surface area contributed by atoms with Crippen molar-refractivity contribution >= 4 is 5.91 Å². The van der Waals surface area contributed by atoms with E-state index in [1.54, 1.807) is 17.0 Å². The molecule has 1 aromatic carbocycles. The Kier molecular flexibility index (Phi) is 3.54. The number of hydrogen-bond acceptors (Lipinski definition) is 3. The smallest absolute Gasteiger partial charge is 0.240 e. The number of aromatic hydroxyl groups is 1. The molecule has 19 heavy (non-hydrogen) atoms. The fourth-order valence-electron chi connectivity index (χ4n) is 2.30. The van der Waals surface area contributed by atoms with Crippen molar-refractivity contribution in [2.75, 3.05) is 6.54 Å². The first kappa shape index (κ1) is 13.9. The van der Waals surface area contributed by atoms with Gasteiger partial charge in [0.05, 0.1) is 6.04 Å². The number of carbonyl (C=O) groups excluding carboxylic acids is 1. The van der Waals surface area contributed by atoms with Crippen LogP contribution in [-0.4, -0.2) is 28.5 Å². The first-order valence-electron chi connectivity index (χ1n) is 6.64. The molecule has 104 valence electrons. The number of nitrogens with two attached hydrogens (primary N) is 1. The zero-order valence-electron chi connectivity index (χ0n) is 11.8. The van der Waals surface area contributed by atoms with Crippen LogP contribution in [0, 0.1) is 5.41 Å². The highest BCUT2D eigenvalue weighted by Gasteiger charge is 2.32. The van der Waals surface area contributed by atoms with Crippen LogP contribution in [0.15, 0.2) is 18.2 Å². The van der Waals surface area contributed by atoms with Crippen LogP contribution < -0.4 is 5.73 Å². The van der Waals surface area contributed by atoms with E-state index < -0.39 is 6.04 Å². The maximum absolute atomic E-state index is 12.4. The summed E-state index contributed by atoms with van der Waals surface area (Å²) in [4.78, 5) is 14.2. The van der Waals surface area contributed by atoms with Crippen LogP contribution in [0.5, 0.6) is 5.75 Å². The first-order valence-corrected chi connectivity index (χ1v) is 6.64. The largest absolute Gasteiger partial charge is 0.508 e. The summed E-state index contributed by atoms with van der Waals surface area (Å²) in [6.07, 6.45) is 0.818. The Balaban J connectivity index is 2.15. The average Bonchev–Trinajstić information content (AvgIpc) is 2.35. The lowest BCUT2D eigenvalue weighted by Gasteiger charge is -2.35. The van der Waals surface area contributed by atoms with Gasteiger partial charge < -0.3 is 15.7 Å². The molecule has 1 heterocycles. The predicted molar refractivity (Wildman–Crippen MR) is 74.7 cm³/mol. The number of hydrogen-bond donors (Lipinski definition) is 2. The highest BCUT2D eigenvalue weighted by Crippen LogP contribution is 2.25. The Bertz CT molecular complexity index is 491. The van der Waals surface area contributed by atoms with Crippen LogP contribution in [-0.2, 0) is 17.8 Å². The van der Waals surface area contributed by atoms with Crippen molar-refractivity contribution in [3.8, 4) is 5.75 Å². The van der Waals surface area contributed by atoms with Gasteiger partial charge in [-0.05, 0) is 35.1 Å². The van der Waals surface area contributed by atoms with Gasteiger partial charge in [0.25, 0.3) is 0 Å². The van der Waals surface area contributed by atoms with Crippen molar-refractivity contribution in [1.82, 2.24) is 4.90 Å². The molecule has 0 aliphatic carbocycles. The molecule has 3 N–H and O–H groups in total. The molecule has 0 spiro atoms. The predicted octanol–water partition coefficient (Wildman–Crippen LogP) is 1.65. The van der Waals surface area contributed by atoms with Gasteiger partial charge in [-0.2, -0.15) is 0 Å². The van der Waals surface area contributed by atoms with E-state index in [-0.39, 0.29) is 17.1 Å². The summed E-state index contributed by atoms with van der Waals surface area (Å²) in [6, 6.07) is 4.86. The second-order valence-electron chi connectivity index (χ2n) is 6.31. The minimum Gasteiger partial charge on any atom is -0.508 e. The van der Waals surface area contributed by atoms with Crippen LogP contribution in [0.4, 0.5) is 0 Å². The van der Waals surface area contributed by atoms with E-state index in [0.29, 0.717) is 13.1 Å². The summed E-state index contributed by atoms with van der Waals surface area (Å²) in [5.74, 6) is 0.231. The highest BCUT2D eigenvalue weighted by molar-refractivity contribution is 5.82. The minimum absolute atomic E-state index is 0.0125. The molecule has 0 saturated carbocycles. The molecule has 2 rings (SSSR count). The quantitative estimate of drug-likeness (QED) is 0.808. The number of phenols is 1. The van der Waals surface area contributed by atoms with Crippen LogP contribution in [0.25, 0.3) is 0 Å². The molecule has 1 unspecified atom stereocenters. The highest BCUT2D eigenvalue weighted by atomic mass is 16.3. The fourth-order valence-corrected chi connectivity index (χ4v) is 2.30. The molecule has 4 heteroatoms. The van der Waals surface area contributed by atoms with Crippen LogP contribution in [0.1, 0.15) is 31.9 Å². The Hall–Kier alpha value is -1.55. The van der Waals surface area contributed by atoms with Crippen molar-refractivity contribution in [3.05, 3.63) is 29.3 Å². The van der Waals surface area contributed by atoms with Gasteiger partial charge >= 0.3 is 0 Å². The van der Waals surface area contributed by atoms with Crippen molar-refractivity contribution in [1.29, 1.82) is 0 Å². The van der Waals surface area contributed by atoms with Crippen LogP contribution >= 0.6 is 0 Å². The Morgan fingerprint density at radius 1 is 1.37 bits per heavy atom. The number of amides is 1. The van der Waals surface area contributed by atoms with Gasteiger partial charge in [0.2, 0.25) is 5.91 Å². The lowest BCUT2D eigenvalue weighted by Crippen LogP contribution is -2.51. The molecule has 1 aromatic rings. The zero-order chi connectivity index (χ0) is 14.2. The van der Waals surface area contributed by atoms with Gasteiger partial charge in [-0.15, -0.1) is 0 Å². The number of rotatable bonds is 1. The number of carbonyl (C=O) groups is 1. The Labute approximate surface area is 114 Å². The summed E-state index contributed by atoms with van der Waals surface area (Å²) in [5.41, 5.74) is 8.01. The Morgan fingerprint density at radius 3 is 2.68 bits per heavy atom. The number of fused-ring (bicyclic) bond motifs is 1. The third-order valence-electron chi connectivity index (χ3n) is 3.71. The van der Waals surface area contributed by atoms with Gasteiger partial charge in [0.1, 0.15) is 5.75 Å². The lowest BCUT2D eigenvalue weighted by atomic mass is 9.86. The van der Waals surface area contributed by atoms with E-state index >= 15 is 0 Å². The lowest BCUT2D eigenvalue weighted by molar-refractivity contribution is -0.135. The van der Waals surface area contributed by atoms with E-state index in [2.05, 4.69) is 0 Å². The maximum Gasteiger partial charge on any atom is 0.240 e. The molecule has 1 atom stereocenters. The SMILES string of the molecule is CC(C)(C)C(N)C(=O)N1CCc2ccc(O)cc2C1. The Morgan fingerprint density at radius 2 is 2.05 bits per heavy atom. The molecule has 0 fully saturated rings. The minimum atomic E-state index is -0.494. The van der Waals surface area contributed by atoms with Gasteiger partial charge in [-0.3, -0.25) is 4.79 Å².